The van der Waals surface area contributed by atoms with E-state index in [2.05, 4.69) is 0 Å². The third-order valence-electron chi connectivity index (χ3n) is 3.60. The molecule has 0 aliphatic rings. The van der Waals surface area contributed by atoms with Crippen molar-refractivity contribution in [2.45, 2.75) is 39.4 Å². The molecule has 0 fully saturated rings. The third kappa shape index (κ3) is 7.42. The Hall–Kier alpha value is -2.14. The fourth-order valence-corrected chi connectivity index (χ4v) is 2.20. The van der Waals surface area contributed by atoms with E-state index in [4.69, 9.17) is 14.2 Å². The second-order valence-electron chi connectivity index (χ2n) is 5.41. The zero-order valence-corrected chi connectivity index (χ0v) is 14.6. The Balaban J connectivity index is 2.62. The lowest BCUT2D eigenvalue weighted by molar-refractivity contribution is -0.137. The number of benzene rings is 1. The predicted molar refractivity (Wildman–Crippen MR) is 91.8 cm³/mol. The number of aldehydes is 1. The monoisotopic (exact) mass is 334 g/mol. The van der Waals surface area contributed by atoms with Crippen molar-refractivity contribution in [3.63, 3.8) is 0 Å². The smallest absolute Gasteiger partial charge is 0.330 e. The van der Waals surface area contributed by atoms with Crippen molar-refractivity contribution in [2.75, 3.05) is 13.7 Å². The van der Waals surface area contributed by atoms with E-state index in [1.807, 2.05) is 31.2 Å². The van der Waals surface area contributed by atoms with Crippen molar-refractivity contribution in [2.24, 2.45) is 5.92 Å². The molecule has 5 nitrogen and oxygen atoms in total. The molecule has 1 rings (SSSR count). The van der Waals surface area contributed by atoms with Crippen LogP contribution in [0.1, 0.15) is 32.3 Å². The van der Waals surface area contributed by atoms with Gasteiger partial charge in [0.15, 0.2) is 0 Å². The molecule has 24 heavy (non-hydrogen) atoms. The summed E-state index contributed by atoms with van der Waals surface area (Å²) in [4.78, 5) is 22.1. The van der Waals surface area contributed by atoms with Crippen LogP contribution in [0.4, 0.5) is 0 Å². The summed E-state index contributed by atoms with van der Waals surface area (Å²) >= 11 is 0. The molecule has 0 spiro atoms. The van der Waals surface area contributed by atoms with E-state index in [1.54, 1.807) is 20.1 Å². The molecule has 0 bridgehead atoms. The Bertz CT molecular complexity index is 521. The summed E-state index contributed by atoms with van der Waals surface area (Å²) in [5, 5.41) is 0. The largest absolute Gasteiger partial charge is 0.497 e. The summed E-state index contributed by atoms with van der Waals surface area (Å²) in [5.41, 5.74) is 1.02. The summed E-state index contributed by atoms with van der Waals surface area (Å²) in [6.45, 7) is 4.50. The first-order valence-electron chi connectivity index (χ1n) is 8.13. The zero-order chi connectivity index (χ0) is 17.8. The van der Waals surface area contributed by atoms with Gasteiger partial charge in [0.1, 0.15) is 12.0 Å². The van der Waals surface area contributed by atoms with E-state index in [0.717, 1.165) is 17.6 Å². The van der Waals surface area contributed by atoms with E-state index >= 15 is 0 Å². The average Bonchev–Trinajstić information content (AvgIpc) is 2.60. The molecule has 0 amide bonds. The molecule has 1 aromatic carbocycles. The molecular formula is C19H26O5. The fraction of sp³-hybridized carbons (Fsp3) is 0.474. The standard InChI is InChI=1S/C19H26O5/c1-4-23-19(21)12-7-15(2)18(6-5-13-20)24-14-16-8-10-17(22-3)11-9-16/h7-13,15,18H,4-6,14H2,1-3H3/b12-7+/t15-,18-/m1/s1. The van der Waals surface area contributed by atoms with E-state index in [0.29, 0.717) is 26.1 Å². The Morgan fingerprint density at radius 2 is 1.96 bits per heavy atom. The van der Waals surface area contributed by atoms with Crippen molar-refractivity contribution in [3.8, 4) is 5.75 Å². The second kappa shape index (κ2) is 11.4. The number of methoxy groups -OCH3 is 1. The second-order valence-corrected chi connectivity index (χ2v) is 5.41. The van der Waals surface area contributed by atoms with Crippen LogP contribution in [0.25, 0.3) is 0 Å². The first-order valence-corrected chi connectivity index (χ1v) is 8.13. The SMILES string of the molecule is CCOC(=O)/C=C/[C@@H](C)[C@@H](CCC=O)OCc1ccc(OC)cc1. The number of carbonyl (C=O) groups is 2. The van der Waals surface area contributed by atoms with Gasteiger partial charge in [-0.3, -0.25) is 0 Å². The first-order chi connectivity index (χ1) is 11.6. The summed E-state index contributed by atoms with van der Waals surface area (Å²) < 4.78 is 16.0. The average molecular weight is 334 g/mol. The van der Waals surface area contributed by atoms with Crippen molar-refractivity contribution in [3.05, 3.63) is 42.0 Å². The molecule has 0 aromatic heterocycles. The molecule has 132 valence electrons. The molecule has 0 aliphatic carbocycles. The molecule has 0 unspecified atom stereocenters. The van der Waals surface area contributed by atoms with Crippen LogP contribution in [0.2, 0.25) is 0 Å². The quantitative estimate of drug-likeness (QED) is 0.353. The van der Waals surface area contributed by atoms with Gasteiger partial charge in [-0.15, -0.1) is 0 Å². The molecule has 0 aliphatic heterocycles. The minimum atomic E-state index is -0.367. The minimum absolute atomic E-state index is 0.00685. The van der Waals surface area contributed by atoms with E-state index < -0.39 is 0 Å². The Kier molecular flexibility index (Phi) is 9.46. The van der Waals surface area contributed by atoms with Gasteiger partial charge in [-0.05, 0) is 31.0 Å². The van der Waals surface area contributed by atoms with Crippen LogP contribution in [0.15, 0.2) is 36.4 Å². The molecule has 0 saturated carbocycles. The zero-order valence-electron chi connectivity index (χ0n) is 14.6. The topological polar surface area (TPSA) is 61.8 Å². The Morgan fingerprint density at radius 1 is 1.25 bits per heavy atom. The van der Waals surface area contributed by atoms with Gasteiger partial charge in [0.25, 0.3) is 0 Å². The van der Waals surface area contributed by atoms with Gasteiger partial charge in [0.2, 0.25) is 0 Å². The van der Waals surface area contributed by atoms with Crippen molar-refractivity contribution in [1.82, 2.24) is 0 Å². The molecule has 0 radical (unpaired) electrons. The van der Waals surface area contributed by atoms with Gasteiger partial charge >= 0.3 is 5.97 Å². The maximum atomic E-state index is 11.4. The fourth-order valence-electron chi connectivity index (χ4n) is 2.20. The number of carbonyl (C=O) groups excluding carboxylic acids is 2. The highest BCUT2D eigenvalue weighted by Gasteiger charge is 2.16. The molecule has 0 N–H and O–H groups in total. The van der Waals surface area contributed by atoms with Crippen molar-refractivity contribution in [1.29, 1.82) is 0 Å². The summed E-state index contributed by atoms with van der Waals surface area (Å²) in [7, 11) is 1.62. The lowest BCUT2D eigenvalue weighted by Gasteiger charge is -2.21. The summed E-state index contributed by atoms with van der Waals surface area (Å²) in [6.07, 6.45) is 4.94. The summed E-state index contributed by atoms with van der Waals surface area (Å²) in [6, 6.07) is 7.63. The predicted octanol–water partition coefficient (Wildman–Crippen LogP) is 3.31. The maximum Gasteiger partial charge on any atom is 0.330 e. The van der Waals surface area contributed by atoms with Crippen LogP contribution in [-0.4, -0.2) is 32.1 Å². The van der Waals surface area contributed by atoms with Crippen LogP contribution in [0, 0.1) is 5.92 Å². The third-order valence-corrected chi connectivity index (χ3v) is 3.60. The van der Waals surface area contributed by atoms with Gasteiger partial charge in [0, 0.05) is 18.4 Å². The molecule has 1 aromatic rings. The van der Waals surface area contributed by atoms with Crippen LogP contribution < -0.4 is 4.74 Å². The van der Waals surface area contributed by atoms with Gasteiger partial charge in [0.05, 0.1) is 26.4 Å². The molecule has 0 heterocycles. The van der Waals surface area contributed by atoms with Crippen LogP contribution in [0.3, 0.4) is 0 Å². The number of hydrogen-bond donors (Lipinski definition) is 0. The van der Waals surface area contributed by atoms with Crippen LogP contribution >= 0.6 is 0 Å². The van der Waals surface area contributed by atoms with E-state index in [1.165, 1.54) is 6.08 Å². The van der Waals surface area contributed by atoms with Gasteiger partial charge in [-0.25, -0.2) is 4.79 Å². The number of hydrogen-bond acceptors (Lipinski definition) is 5. The molecule has 0 saturated heterocycles. The minimum Gasteiger partial charge on any atom is -0.497 e. The Labute approximate surface area is 143 Å². The van der Waals surface area contributed by atoms with E-state index in [9.17, 15) is 9.59 Å². The number of esters is 1. The Morgan fingerprint density at radius 3 is 2.54 bits per heavy atom. The maximum absolute atomic E-state index is 11.4. The lowest BCUT2D eigenvalue weighted by atomic mass is 9.99. The molecule has 5 heteroatoms. The number of ether oxygens (including phenoxy) is 3. The molecular weight excluding hydrogens is 308 g/mol. The van der Waals surface area contributed by atoms with Crippen molar-refractivity contribution >= 4 is 12.3 Å². The van der Waals surface area contributed by atoms with Crippen LogP contribution in [0.5, 0.6) is 5.75 Å². The highest BCUT2D eigenvalue weighted by molar-refractivity contribution is 5.81. The van der Waals surface area contributed by atoms with Crippen molar-refractivity contribution < 1.29 is 23.8 Å². The van der Waals surface area contributed by atoms with Gasteiger partial charge < -0.3 is 19.0 Å². The normalized spacial score (nSPS) is 13.5. The first kappa shape index (κ1) is 19.9. The summed E-state index contributed by atoms with van der Waals surface area (Å²) in [5.74, 6) is 0.420. The highest BCUT2D eigenvalue weighted by Crippen LogP contribution is 2.18. The van der Waals surface area contributed by atoms with Crippen LogP contribution in [-0.2, 0) is 25.7 Å². The highest BCUT2D eigenvalue weighted by atomic mass is 16.5. The lowest BCUT2D eigenvalue weighted by Crippen LogP contribution is -2.21. The van der Waals surface area contributed by atoms with Gasteiger partial charge in [-0.1, -0.05) is 25.1 Å². The van der Waals surface area contributed by atoms with E-state index in [-0.39, 0.29) is 18.0 Å². The van der Waals surface area contributed by atoms with Gasteiger partial charge in [-0.2, -0.15) is 0 Å². The number of rotatable bonds is 11. The molecule has 2 atom stereocenters.